The van der Waals surface area contributed by atoms with E-state index in [4.69, 9.17) is 4.74 Å². The summed E-state index contributed by atoms with van der Waals surface area (Å²) in [5.74, 6) is -0.0214. The van der Waals surface area contributed by atoms with Gasteiger partial charge in [0, 0.05) is 19.2 Å². The summed E-state index contributed by atoms with van der Waals surface area (Å²) >= 11 is 1.02. The molecule has 0 aromatic heterocycles. The second-order valence-corrected chi connectivity index (χ2v) is 10.4. The molecular formula is C22H30F3IN2O4. The van der Waals surface area contributed by atoms with Crippen molar-refractivity contribution in [1.29, 1.82) is 0 Å². The Hall–Kier alpha value is -1.56. The van der Waals surface area contributed by atoms with Crippen LogP contribution in [0.3, 0.4) is 0 Å². The average molecular weight is 570 g/mol. The van der Waals surface area contributed by atoms with Gasteiger partial charge in [0.2, 0.25) is 3.61 Å². The van der Waals surface area contributed by atoms with Crippen LogP contribution in [0.5, 0.6) is 5.75 Å². The molecule has 1 aromatic rings. The maximum absolute atomic E-state index is 13.3. The molecule has 6 nitrogen and oxygen atoms in total. The minimum absolute atomic E-state index is 0.194. The molecule has 32 heavy (non-hydrogen) atoms. The third-order valence-electron chi connectivity index (χ3n) is 5.80. The van der Waals surface area contributed by atoms with E-state index >= 15 is 0 Å². The van der Waals surface area contributed by atoms with Gasteiger partial charge in [-0.3, -0.25) is 9.69 Å². The van der Waals surface area contributed by atoms with Crippen molar-refractivity contribution in [3.8, 4) is 5.75 Å². The first kappa shape index (κ1) is 26.7. The molecule has 1 atom stereocenters. The number of hydrogen-bond donors (Lipinski definition) is 1. The van der Waals surface area contributed by atoms with Gasteiger partial charge in [0.25, 0.3) is 5.91 Å². The predicted molar refractivity (Wildman–Crippen MR) is 123 cm³/mol. The van der Waals surface area contributed by atoms with E-state index in [0.29, 0.717) is 37.3 Å². The number of likely N-dealkylation sites (N-methyl/N-ethyl adjacent to an activating group) is 1. The fourth-order valence-corrected chi connectivity index (χ4v) is 3.97. The van der Waals surface area contributed by atoms with E-state index < -0.39 is 15.3 Å². The number of halogens is 4. The Balaban J connectivity index is 1.89. The predicted octanol–water partition coefficient (Wildman–Crippen LogP) is 5.17. The van der Waals surface area contributed by atoms with Crippen LogP contribution < -0.4 is 4.74 Å². The van der Waals surface area contributed by atoms with E-state index in [1.807, 2.05) is 0 Å². The Kier molecular flexibility index (Phi) is 8.13. The number of hydrogen-bond acceptors (Lipinski definition) is 4. The molecule has 1 fully saturated rings. The average Bonchev–Trinajstić information content (AvgIpc) is 2.83. The van der Waals surface area contributed by atoms with Crippen molar-refractivity contribution in [3.63, 3.8) is 0 Å². The number of urea groups is 1. The summed E-state index contributed by atoms with van der Waals surface area (Å²) in [5, 5.41) is 10.1. The number of unbranched alkanes of at least 4 members (excludes halogenated alkanes) is 2. The highest BCUT2D eigenvalue weighted by Gasteiger charge is 2.54. The van der Waals surface area contributed by atoms with Crippen LogP contribution in [0.1, 0.15) is 64.0 Å². The summed E-state index contributed by atoms with van der Waals surface area (Å²) in [6.45, 7) is 7.62. The van der Waals surface area contributed by atoms with Crippen LogP contribution in [0, 0.1) is 0 Å². The summed E-state index contributed by atoms with van der Waals surface area (Å²) < 4.78 is 42.5. The fraction of sp³-hybridized carbons (Fsp3) is 0.636. The maximum atomic E-state index is 13.3. The zero-order chi connectivity index (χ0) is 24.5. The minimum atomic E-state index is -4.80. The Labute approximate surface area is 200 Å². The molecule has 0 spiro atoms. The Morgan fingerprint density at radius 3 is 2.28 bits per heavy atom. The molecule has 0 radical (unpaired) electrons. The molecular weight excluding hydrogens is 540 g/mol. The summed E-state index contributed by atoms with van der Waals surface area (Å²) in [6.07, 6.45) is -2.79. The lowest BCUT2D eigenvalue weighted by Crippen LogP contribution is -2.41. The number of nitrogens with zero attached hydrogens (tertiary/aromatic N) is 2. The monoisotopic (exact) mass is 570 g/mol. The Morgan fingerprint density at radius 2 is 1.78 bits per heavy atom. The molecule has 10 heteroatoms. The molecule has 0 saturated carbocycles. The molecule has 1 aromatic carbocycles. The molecule has 1 aliphatic heterocycles. The van der Waals surface area contributed by atoms with Gasteiger partial charge in [-0.25, -0.2) is 4.79 Å². The number of aliphatic hydroxyl groups is 1. The highest BCUT2D eigenvalue weighted by molar-refractivity contribution is 14.1. The van der Waals surface area contributed by atoms with Gasteiger partial charge in [0.1, 0.15) is 11.3 Å². The third-order valence-corrected chi connectivity index (χ3v) is 6.99. The van der Waals surface area contributed by atoms with Crippen LogP contribution in [0.4, 0.5) is 18.0 Å². The van der Waals surface area contributed by atoms with Crippen LogP contribution in [0.2, 0.25) is 0 Å². The summed E-state index contributed by atoms with van der Waals surface area (Å²) in [6, 6.07) is 3.92. The second-order valence-electron chi connectivity index (χ2n) is 8.79. The largest absolute Gasteiger partial charge is 0.494 e. The van der Waals surface area contributed by atoms with Gasteiger partial charge in [0.05, 0.1) is 6.61 Å². The van der Waals surface area contributed by atoms with Crippen LogP contribution in [-0.2, 0) is 8.40 Å². The summed E-state index contributed by atoms with van der Waals surface area (Å²) in [4.78, 5) is 27.2. The van der Waals surface area contributed by atoms with Crippen molar-refractivity contribution in [3.05, 3.63) is 29.3 Å². The van der Waals surface area contributed by atoms with Crippen LogP contribution in [0.25, 0.3) is 0 Å². The topological polar surface area (TPSA) is 70.1 Å². The lowest BCUT2D eigenvalue weighted by molar-refractivity contribution is -0.216. The SMILES string of the molecule is CC(C)c1cc(OCCCCCN2C(=O)N(C)C(C)(C)C2=O)ccc1C(O)(I)C(F)(F)F. The molecule has 0 bridgehead atoms. The van der Waals surface area contributed by atoms with Gasteiger partial charge >= 0.3 is 12.2 Å². The molecule has 1 unspecified atom stereocenters. The number of imide groups is 1. The molecule has 1 heterocycles. The quantitative estimate of drug-likeness (QED) is 0.193. The Bertz CT molecular complexity index is 856. The van der Waals surface area contributed by atoms with E-state index in [1.54, 1.807) is 34.7 Å². The van der Waals surface area contributed by atoms with Crippen molar-refractivity contribution in [2.45, 2.75) is 68.2 Å². The molecule has 2 rings (SSSR count). The van der Waals surface area contributed by atoms with E-state index in [9.17, 15) is 27.9 Å². The lowest BCUT2D eigenvalue weighted by Gasteiger charge is -2.28. The van der Waals surface area contributed by atoms with Gasteiger partial charge < -0.3 is 14.7 Å². The number of carbonyl (C=O) groups is 2. The first-order valence-electron chi connectivity index (χ1n) is 10.5. The molecule has 180 valence electrons. The van der Waals surface area contributed by atoms with Crippen LogP contribution >= 0.6 is 22.6 Å². The maximum Gasteiger partial charge on any atom is 0.430 e. The zero-order valence-corrected chi connectivity index (χ0v) is 21.1. The first-order chi connectivity index (χ1) is 14.6. The first-order valence-corrected chi connectivity index (χ1v) is 11.5. The number of rotatable bonds is 9. The fourth-order valence-electron chi connectivity index (χ4n) is 3.48. The van der Waals surface area contributed by atoms with Gasteiger partial charge in [-0.1, -0.05) is 19.9 Å². The number of benzene rings is 1. The number of amides is 3. The van der Waals surface area contributed by atoms with Gasteiger partial charge in [-0.15, -0.1) is 0 Å². The normalized spacial score (nSPS) is 18.5. The highest BCUT2D eigenvalue weighted by Crippen LogP contribution is 2.47. The third kappa shape index (κ3) is 5.32. The summed E-state index contributed by atoms with van der Waals surface area (Å²) in [5.41, 5.74) is -0.660. The molecule has 0 aliphatic carbocycles. The minimum Gasteiger partial charge on any atom is -0.494 e. The van der Waals surface area contributed by atoms with Crippen molar-refractivity contribution < 1.29 is 32.6 Å². The lowest BCUT2D eigenvalue weighted by atomic mass is 9.93. The molecule has 3 amide bonds. The second kappa shape index (κ2) is 9.74. The van der Waals surface area contributed by atoms with Crippen molar-refractivity contribution in [2.75, 3.05) is 20.2 Å². The van der Waals surface area contributed by atoms with Crippen LogP contribution in [-0.4, -0.2) is 58.8 Å². The number of alkyl halides is 4. The summed E-state index contributed by atoms with van der Waals surface area (Å²) in [7, 11) is 1.61. The zero-order valence-electron chi connectivity index (χ0n) is 18.9. The van der Waals surface area contributed by atoms with E-state index in [1.165, 1.54) is 28.0 Å². The number of ether oxygens (including phenoxy) is 1. The standard InChI is InChI=1S/C22H30F3IN2O4/c1-14(2)16-13-15(9-10-17(16)21(26,31)22(23,24)25)32-12-8-6-7-11-28-18(29)20(3,4)27(5)19(28)30/h9-10,13-14,31H,6-8,11-12H2,1-5H3. The van der Waals surface area contributed by atoms with Crippen molar-refractivity contribution >= 4 is 34.5 Å². The van der Waals surface area contributed by atoms with E-state index in [0.717, 1.165) is 29.0 Å². The van der Waals surface area contributed by atoms with E-state index in [-0.39, 0.29) is 23.4 Å². The molecule has 1 aliphatic rings. The Morgan fingerprint density at radius 1 is 1.16 bits per heavy atom. The molecule has 1 N–H and O–H groups in total. The van der Waals surface area contributed by atoms with Gasteiger partial charge in [-0.05, 0) is 79.3 Å². The van der Waals surface area contributed by atoms with Crippen molar-refractivity contribution in [2.24, 2.45) is 0 Å². The van der Waals surface area contributed by atoms with Crippen LogP contribution in [0.15, 0.2) is 18.2 Å². The van der Waals surface area contributed by atoms with Gasteiger partial charge in [-0.2, -0.15) is 13.2 Å². The number of carbonyl (C=O) groups excluding carboxylic acids is 2. The highest BCUT2D eigenvalue weighted by atomic mass is 127. The molecule has 1 saturated heterocycles. The smallest absolute Gasteiger partial charge is 0.430 e. The van der Waals surface area contributed by atoms with Crippen molar-refractivity contribution in [1.82, 2.24) is 9.80 Å². The van der Waals surface area contributed by atoms with E-state index in [2.05, 4.69) is 0 Å². The van der Waals surface area contributed by atoms with Gasteiger partial charge in [0.15, 0.2) is 0 Å².